The molecule has 0 radical (unpaired) electrons. The lowest BCUT2D eigenvalue weighted by Gasteiger charge is -2.02. The minimum atomic E-state index is 1.05. The van der Waals surface area contributed by atoms with E-state index in [2.05, 4.69) is 52.8 Å². The highest BCUT2D eigenvalue weighted by molar-refractivity contribution is 5.96. The summed E-state index contributed by atoms with van der Waals surface area (Å²) in [5.74, 6) is 1.05. The maximum absolute atomic E-state index is 4.50. The number of imidazole rings is 1. The van der Waals surface area contributed by atoms with Crippen LogP contribution in [0.5, 0.6) is 0 Å². The molecule has 0 amide bonds. The molecule has 3 aromatic rings. The molecule has 2 heteroatoms. The number of aromatic nitrogens is 2. The first kappa shape index (κ1) is 8.48. The van der Waals surface area contributed by atoms with Crippen molar-refractivity contribution in [2.24, 2.45) is 0 Å². The van der Waals surface area contributed by atoms with Crippen LogP contribution in [0.1, 0.15) is 11.5 Å². The lowest BCUT2D eigenvalue weighted by molar-refractivity contribution is 1.04. The summed E-state index contributed by atoms with van der Waals surface area (Å²) >= 11 is 0. The van der Waals surface area contributed by atoms with E-state index >= 15 is 0 Å². The van der Waals surface area contributed by atoms with Crippen LogP contribution in [0.2, 0.25) is 0 Å². The molecular formula is C13H12N2. The average Bonchev–Trinajstić information content (AvgIpc) is 2.55. The van der Waals surface area contributed by atoms with Crippen molar-refractivity contribution in [3.05, 3.63) is 48.0 Å². The molecule has 0 unspecified atom stereocenters. The minimum absolute atomic E-state index is 1.05. The quantitative estimate of drug-likeness (QED) is 0.540. The number of nitrogens with zero attached hydrogens (tertiary/aromatic N) is 2. The summed E-state index contributed by atoms with van der Waals surface area (Å²) in [6.07, 6.45) is 2.09. The van der Waals surface area contributed by atoms with E-state index < -0.39 is 0 Å². The molecule has 3 rings (SSSR count). The van der Waals surface area contributed by atoms with Crippen molar-refractivity contribution in [2.45, 2.75) is 13.8 Å². The molecule has 0 spiro atoms. The maximum atomic E-state index is 4.50. The van der Waals surface area contributed by atoms with Gasteiger partial charge in [0.15, 0.2) is 0 Å². The van der Waals surface area contributed by atoms with E-state index in [1.165, 1.54) is 16.3 Å². The van der Waals surface area contributed by atoms with Crippen molar-refractivity contribution >= 4 is 16.3 Å². The normalized spacial score (nSPS) is 11.3. The fraction of sp³-hybridized carbons (Fsp3) is 0.154. The van der Waals surface area contributed by atoms with Gasteiger partial charge in [-0.15, -0.1) is 0 Å². The number of aryl methyl sites for hydroxylation is 2. The van der Waals surface area contributed by atoms with Gasteiger partial charge in [0, 0.05) is 11.6 Å². The molecule has 0 saturated carbocycles. The van der Waals surface area contributed by atoms with Crippen molar-refractivity contribution in [2.75, 3.05) is 0 Å². The molecule has 0 aliphatic rings. The van der Waals surface area contributed by atoms with Gasteiger partial charge >= 0.3 is 0 Å². The van der Waals surface area contributed by atoms with Crippen LogP contribution in [0.4, 0.5) is 0 Å². The Bertz CT molecular complexity index is 650. The Morgan fingerprint density at radius 1 is 1.07 bits per heavy atom. The van der Waals surface area contributed by atoms with Gasteiger partial charge in [0.25, 0.3) is 0 Å². The zero-order valence-electron chi connectivity index (χ0n) is 8.86. The second-order valence-corrected chi connectivity index (χ2v) is 3.87. The van der Waals surface area contributed by atoms with Gasteiger partial charge in [-0.25, -0.2) is 4.98 Å². The number of hydrogen-bond donors (Lipinski definition) is 0. The highest BCUT2D eigenvalue weighted by Crippen LogP contribution is 2.23. The van der Waals surface area contributed by atoms with Crippen LogP contribution in [0, 0.1) is 13.8 Å². The predicted octanol–water partition coefficient (Wildman–Crippen LogP) is 3.10. The average molecular weight is 196 g/mol. The monoisotopic (exact) mass is 196 g/mol. The van der Waals surface area contributed by atoms with Gasteiger partial charge in [-0.2, -0.15) is 0 Å². The molecule has 0 saturated heterocycles. The van der Waals surface area contributed by atoms with Crippen molar-refractivity contribution in [1.82, 2.24) is 9.38 Å². The Morgan fingerprint density at radius 2 is 1.87 bits per heavy atom. The summed E-state index contributed by atoms with van der Waals surface area (Å²) in [6.45, 7) is 4.10. The molecule has 0 aliphatic heterocycles. The standard InChI is InChI=1S/C13H12N2/c1-9-13-12-6-4-3-5-11(12)7-8-15(13)10(2)14-9/h3-8H,1-2H3. The van der Waals surface area contributed by atoms with Crippen LogP contribution < -0.4 is 0 Å². The van der Waals surface area contributed by atoms with Gasteiger partial charge in [-0.05, 0) is 25.3 Å². The summed E-state index contributed by atoms with van der Waals surface area (Å²) in [6, 6.07) is 10.6. The molecule has 0 atom stereocenters. The lowest BCUT2D eigenvalue weighted by Crippen LogP contribution is -1.87. The fourth-order valence-electron chi connectivity index (χ4n) is 2.21. The van der Waals surface area contributed by atoms with E-state index in [0.717, 1.165) is 11.5 Å². The van der Waals surface area contributed by atoms with Crippen LogP contribution in [-0.4, -0.2) is 9.38 Å². The van der Waals surface area contributed by atoms with Gasteiger partial charge in [0.1, 0.15) is 5.82 Å². The summed E-state index contributed by atoms with van der Waals surface area (Å²) in [5, 5.41) is 2.55. The van der Waals surface area contributed by atoms with E-state index in [4.69, 9.17) is 0 Å². The molecule has 0 N–H and O–H groups in total. The second kappa shape index (κ2) is 2.83. The van der Waals surface area contributed by atoms with Gasteiger partial charge in [0.05, 0.1) is 11.2 Å². The Labute approximate surface area is 88.2 Å². The first-order valence-corrected chi connectivity index (χ1v) is 5.10. The summed E-state index contributed by atoms with van der Waals surface area (Å²) < 4.78 is 2.15. The third-order valence-corrected chi connectivity index (χ3v) is 2.88. The van der Waals surface area contributed by atoms with E-state index in [-0.39, 0.29) is 0 Å². The van der Waals surface area contributed by atoms with Crippen molar-refractivity contribution in [1.29, 1.82) is 0 Å². The Kier molecular flexibility index (Phi) is 1.60. The molecule has 0 fully saturated rings. The number of hydrogen-bond acceptors (Lipinski definition) is 1. The highest BCUT2D eigenvalue weighted by Gasteiger charge is 2.06. The number of benzene rings is 1. The molecule has 2 heterocycles. The van der Waals surface area contributed by atoms with Gasteiger partial charge in [-0.1, -0.05) is 24.3 Å². The molecular weight excluding hydrogens is 184 g/mol. The molecule has 2 nitrogen and oxygen atoms in total. The predicted molar refractivity (Wildman–Crippen MR) is 62.2 cm³/mol. The van der Waals surface area contributed by atoms with E-state index in [0.29, 0.717) is 0 Å². The Morgan fingerprint density at radius 3 is 2.73 bits per heavy atom. The van der Waals surface area contributed by atoms with E-state index in [9.17, 15) is 0 Å². The van der Waals surface area contributed by atoms with Crippen LogP contribution in [0.3, 0.4) is 0 Å². The van der Waals surface area contributed by atoms with Gasteiger partial charge in [0.2, 0.25) is 0 Å². The Hall–Kier alpha value is -1.83. The molecule has 15 heavy (non-hydrogen) atoms. The van der Waals surface area contributed by atoms with E-state index in [1.807, 2.05) is 6.92 Å². The number of fused-ring (bicyclic) bond motifs is 3. The zero-order valence-corrected chi connectivity index (χ0v) is 8.86. The lowest BCUT2D eigenvalue weighted by atomic mass is 10.1. The molecule has 2 aromatic heterocycles. The van der Waals surface area contributed by atoms with E-state index in [1.54, 1.807) is 0 Å². The molecule has 1 aromatic carbocycles. The first-order chi connectivity index (χ1) is 7.27. The third-order valence-electron chi connectivity index (χ3n) is 2.88. The van der Waals surface area contributed by atoms with Crippen molar-refractivity contribution in [3.8, 4) is 0 Å². The van der Waals surface area contributed by atoms with Crippen LogP contribution in [0.15, 0.2) is 36.5 Å². The highest BCUT2D eigenvalue weighted by atomic mass is 15.0. The van der Waals surface area contributed by atoms with Gasteiger partial charge in [-0.3, -0.25) is 0 Å². The Balaban J connectivity index is 2.64. The van der Waals surface area contributed by atoms with Gasteiger partial charge < -0.3 is 4.40 Å². The fourth-order valence-corrected chi connectivity index (χ4v) is 2.21. The third kappa shape index (κ3) is 1.08. The summed E-state index contributed by atoms with van der Waals surface area (Å²) in [7, 11) is 0. The van der Waals surface area contributed by atoms with Crippen LogP contribution in [0.25, 0.3) is 16.3 Å². The minimum Gasteiger partial charge on any atom is -0.303 e. The van der Waals surface area contributed by atoms with Crippen LogP contribution in [-0.2, 0) is 0 Å². The SMILES string of the molecule is Cc1nc(C)n2ccc3ccccc3c12. The zero-order chi connectivity index (χ0) is 10.4. The maximum Gasteiger partial charge on any atom is 0.110 e. The van der Waals surface area contributed by atoms with Crippen molar-refractivity contribution in [3.63, 3.8) is 0 Å². The van der Waals surface area contributed by atoms with Crippen molar-refractivity contribution < 1.29 is 0 Å². The topological polar surface area (TPSA) is 17.3 Å². The largest absolute Gasteiger partial charge is 0.303 e. The first-order valence-electron chi connectivity index (χ1n) is 5.10. The summed E-state index contributed by atoms with van der Waals surface area (Å²) in [4.78, 5) is 4.50. The smallest absolute Gasteiger partial charge is 0.110 e. The van der Waals surface area contributed by atoms with Crippen LogP contribution >= 0.6 is 0 Å². The number of pyridine rings is 1. The molecule has 0 bridgehead atoms. The number of rotatable bonds is 0. The summed E-state index contributed by atoms with van der Waals surface area (Å²) in [5.41, 5.74) is 2.33. The molecule has 0 aliphatic carbocycles. The molecule has 74 valence electrons. The second-order valence-electron chi connectivity index (χ2n) is 3.87.